The number of hydrogen-bond acceptors (Lipinski definition) is 3. The van der Waals surface area contributed by atoms with Gasteiger partial charge in [0.05, 0.1) is 13.2 Å². The molecule has 0 atom stereocenters. The second kappa shape index (κ2) is 9.36. The topological polar surface area (TPSA) is 35.5 Å². The fraction of sp³-hybridized carbons (Fsp3) is 0.800. The fourth-order valence-corrected chi connectivity index (χ4v) is 0.882. The normalized spacial score (nSPS) is 9.69. The molecule has 0 heterocycles. The van der Waals surface area contributed by atoms with Crippen LogP contribution in [0.5, 0.6) is 0 Å². The maximum absolute atomic E-state index is 10.8. The number of hydrogen-bond donors (Lipinski definition) is 0. The SMILES string of the molecule is [CH2]CCOC(=O)OCCCCCC. The summed E-state index contributed by atoms with van der Waals surface area (Å²) in [5.41, 5.74) is 0. The van der Waals surface area contributed by atoms with E-state index in [0.717, 1.165) is 12.8 Å². The second-order valence-corrected chi connectivity index (χ2v) is 2.86. The van der Waals surface area contributed by atoms with E-state index >= 15 is 0 Å². The summed E-state index contributed by atoms with van der Waals surface area (Å²) in [6.07, 6.45) is 4.43. The highest BCUT2D eigenvalue weighted by atomic mass is 16.7. The molecule has 0 aromatic carbocycles. The van der Waals surface area contributed by atoms with E-state index < -0.39 is 6.16 Å². The Labute approximate surface area is 80.4 Å². The Kier molecular flexibility index (Phi) is 8.83. The van der Waals surface area contributed by atoms with Crippen LogP contribution in [0.15, 0.2) is 0 Å². The molecule has 0 aliphatic heterocycles. The van der Waals surface area contributed by atoms with E-state index in [1.807, 2.05) is 0 Å². The van der Waals surface area contributed by atoms with Crippen LogP contribution in [0, 0.1) is 6.92 Å². The van der Waals surface area contributed by atoms with E-state index in [1.54, 1.807) is 0 Å². The molecule has 0 saturated heterocycles. The molecule has 0 N–H and O–H groups in total. The lowest BCUT2D eigenvalue weighted by Crippen LogP contribution is -2.08. The zero-order valence-electron chi connectivity index (χ0n) is 8.38. The summed E-state index contributed by atoms with van der Waals surface area (Å²) in [7, 11) is 0. The molecule has 0 spiro atoms. The van der Waals surface area contributed by atoms with Crippen molar-refractivity contribution in [3.63, 3.8) is 0 Å². The van der Waals surface area contributed by atoms with Crippen molar-refractivity contribution in [2.24, 2.45) is 0 Å². The van der Waals surface area contributed by atoms with Crippen LogP contribution in [-0.4, -0.2) is 19.4 Å². The van der Waals surface area contributed by atoms with Gasteiger partial charge >= 0.3 is 6.16 Å². The number of ether oxygens (including phenoxy) is 2. The van der Waals surface area contributed by atoms with Gasteiger partial charge in [0.1, 0.15) is 0 Å². The Morgan fingerprint density at radius 1 is 1.15 bits per heavy atom. The van der Waals surface area contributed by atoms with Crippen molar-refractivity contribution in [2.75, 3.05) is 13.2 Å². The number of carbonyl (C=O) groups is 1. The molecule has 0 aromatic heterocycles. The third-order valence-electron chi connectivity index (χ3n) is 1.58. The molecule has 0 bridgehead atoms. The van der Waals surface area contributed by atoms with Gasteiger partial charge < -0.3 is 9.47 Å². The first-order valence-electron chi connectivity index (χ1n) is 4.90. The standard InChI is InChI=1S/C10H19O3/c1-3-5-6-7-9-13-10(11)12-8-4-2/h2-9H2,1H3. The maximum atomic E-state index is 10.8. The molecule has 3 heteroatoms. The molecule has 0 rings (SSSR count). The van der Waals surface area contributed by atoms with Crippen LogP contribution in [0.1, 0.15) is 39.0 Å². The first-order valence-corrected chi connectivity index (χ1v) is 4.90. The van der Waals surface area contributed by atoms with E-state index in [0.29, 0.717) is 19.6 Å². The molecule has 1 radical (unpaired) electrons. The van der Waals surface area contributed by atoms with Gasteiger partial charge in [-0.15, -0.1) is 0 Å². The number of rotatable bonds is 7. The summed E-state index contributed by atoms with van der Waals surface area (Å²) in [5.74, 6) is 0. The molecule has 0 saturated carbocycles. The minimum Gasteiger partial charge on any atom is -0.434 e. The zero-order valence-corrected chi connectivity index (χ0v) is 8.38. The van der Waals surface area contributed by atoms with E-state index in [1.165, 1.54) is 12.8 Å². The van der Waals surface area contributed by atoms with Gasteiger partial charge in [-0.1, -0.05) is 26.2 Å². The highest BCUT2D eigenvalue weighted by Crippen LogP contribution is 1.99. The molecule has 3 nitrogen and oxygen atoms in total. The molecule has 77 valence electrons. The van der Waals surface area contributed by atoms with Crippen LogP contribution in [0.2, 0.25) is 0 Å². The predicted octanol–water partition coefficient (Wildman–Crippen LogP) is 2.94. The van der Waals surface area contributed by atoms with Crippen LogP contribution in [0.3, 0.4) is 0 Å². The van der Waals surface area contributed by atoms with Gasteiger partial charge in [-0.2, -0.15) is 0 Å². The Bertz CT molecular complexity index is 123. The average molecular weight is 187 g/mol. The van der Waals surface area contributed by atoms with Crippen molar-refractivity contribution in [3.05, 3.63) is 6.92 Å². The molecular formula is C10H19O3. The predicted molar refractivity (Wildman–Crippen MR) is 51.4 cm³/mol. The van der Waals surface area contributed by atoms with Crippen LogP contribution >= 0.6 is 0 Å². The Hall–Kier alpha value is -0.730. The highest BCUT2D eigenvalue weighted by Gasteiger charge is 2.00. The van der Waals surface area contributed by atoms with Gasteiger partial charge in [0.15, 0.2) is 0 Å². The summed E-state index contributed by atoms with van der Waals surface area (Å²) in [5, 5.41) is 0. The van der Waals surface area contributed by atoms with Gasteiger partial charge in [-0.05, 0) is 19.8 Å². The quantitative estimate of drug-likeness (QED) is 0.454. The molecule has 0 unspecified atom stereocenters. The van der Waals surface area contributed by atoms with Gasteiger partial charge in [0, 0.05) is 0 Å². The Morgan fingerprint density at radius 2 is 1.85 bits per heavy atom. The van der Waals surface area contributed by atoms with E-state index in [9.17, 15) is 4.79 Å². The lowest BCUT2D eigenvalue weighted by atomic mass is 10.2. The minimum absolute atomic E-state index is 0.341. The first kappa shape index (κ1) is 12.3. The van der Waals surface area contributed by atoms with Crippen molar-refractivity contribution in [1.29, 1.82) is 0 Å². The Balaban J connectivity index is 3.08. The molecular weight excluding hydrogens is 168 g/mol. The first-order chi connectivity index (χ1) is 6.31. The maximum Gasteiger partial charge on any atom is 0.508 e. The van der Waals surface area contributed by atoms with Gasteiger partial charge in [-0.3, -0.25) is 0 Å². The summed E-state index contributed by atoms with van der Waals surface area (Å²) in [4.78, 5) is 10.8. The number of carbonyl (C=O) groups excluding carboxylic acids is 1. The molecule has 0 amide bonds. The monoisotopic (exact) mass is 187 g/mol. The summed E-state index contributed by atoms with van der Waals surface area (Å²) in [6, 6.07) is 0. The summed E-state index contributed by atoms with van der Waals surface area (Å²) >= 11 is 0. The second-order valence-electron chi connectivity index (χ2n) is 2.86. The van der Waals surface area contributed by atoms with Crippen molar-refractivity contribution < 1.29 is 14.3 Å². The van der Waals surface area contributed by atoms with E-state index in [2.05, 4.69) is 18.6 Å². The number of unbranched alkanes of at least 4 members (excludes halogenated alkanes) is 3. The van der Waals surface area contributed by atoms with Crippen molar-refractivity contribution in [2.45, 2.75) is 39.0 Å². The molecule has 0 aliphatic rings. The molecule has 0 aliphatic carbocycles. The highest BCUT2D eigenvalue weighted by molar-refractivity contribution is 5.59. The van der Waals surface area contributed by atoms with Crippen molar-refractivity contribution >= 4 is 6.16 Å². The summed E-state index contributed by atoms with van der Waals surface area (Å²) in [6.45, 7) is 6.50. The van der Waals surface area contributed by atoms with Gasteiger partial charge in [-0.25, -0.2) is 4.79 Å². The molecule has 13 heavy (non-hydrogen) atoms. The van der Waals surface area contributed by atoms with Gasteiger partial charge in [0.25, 0.3) is 0 Å². The van der Waals surface area contributed by atoms with Crippen LogP contribution in [0.25, 0.3) is 0 Å². The third kappa shape index (κ3) is 9.18. The average Bonchev–Trinajstić information content (AvgIpc) is 2.14. The van der Waals surface area contributed by atoms with Crippen LogP contribution in [0.4, 0.5) is 4.79 Å². The lowest BCUT2D eigenvalue weighted by Gasteiger charge is -2.04. The van der Waals surface area contributed by atoms with Gasteiger partial charge in [0.2, 0.25) is 0 Å². The Morgan fingerprint density at radius 3 is 2.46 bits per heavy atom. The molecule has 0 aromatic rings. The third-order valence-corrected chi connectivity index (χ3v) is 1.58. The summed E-state index contributed by atoms with van der Waals surface area (Å²) < 4.78 is 9.48. The zero-order chi connectivity index (χ0) is 9.94. The minimum atomic E-state index is -0.569. The largest absolute Gasteiger partial charge is 0.508 e. The van der Waals surface area contributed by atoms with Crippen molar-refractivity contribution in [3.8, 4) is 0 Å². The lowest BCUT2D eigenvalue weighted by molar-refractivity contribution is 0.0552. The van der Waals surface area contributed by atoms with E-state index in [4.69, 9.17) is 4.74 Å². The smallest absolute Gasteiger partial charge is 0.434 e. The van der Waals surface area contributed by atoms with Crippen LogP contribution in [-0.2, 0) is 9.47 Å². The fourth-order valence-electron chi connectivity index (χ4n) is 0.882. The van der Waals surface area contributed by atoms with Crippen molar-refractivity contribution in [1.82, 2.24) is 0 Å². The molecule has 0 fully saturated rings. The van der Waals surface area contributed by atoms with E-state index in [-0.39, 0.29) is 0 Å². The van der Waals surface area contributed by atoms with Crippen LogP contribution < -0.4 is 0 Å².